The van der Waals surface area contributed by atoms with Crippen molar-refractivity contribution >= 4 is 0 Å². The van der Waals surface area contributed by atoms with E-state index in [1.807, 2.05) is 0 Å². The molecule has 2 rings (SSSR count). The average molecular weight is 127 g/mol. The Labute approximate surface area is 55.6 Å². The Bertz CT molecular complexity index is 118. The largest absolute Gasteiger partial charge is 0.378 e. The van der Waals surface area contributed by atoms with E-state index in [9.17, 15) is 0 Å². The Kier molecular flexibility index (Phi) is 1.08. The molecule has 52 valence electrons. The quantitative estimate of drug-likeness (QED) is 0.508. The summed E-state index contributed by atoms with van der Waals surface area (Å²) in [5.74, 6) is 0.845. The lowest BCUT2D eigenvalue weighted by Crippen LogP contribution is -2.44. The molecule has 1 aliphatic carbocycles. The summed E-state index contributed by atoms with van der Waals surface area (Å²) in [5, 5.41) is 3.49. The molecule has 0 aromatic rings. The summed E-state index contributed by atoms with van der Waals surface area (Å²) in [6, 6.07) is 0. The molecule has 2 aliphatic rings. The van der Waals surface area contributed by atoms with Crippen LogP contribution in [0.5, 0.6) is 0 Å². The van der Waals surface area contributed by atoms with Gasteiger partial charge in [-0.2, -0.15) is 0 Å². The topological polar surface area (TPSA) is 21.3 Å². The fourth-order valence-electron chi connectivity index (χ4n) is 1.61. The normalized spacial score (nSPS) is 49.7. The highest BCUT2D eigenvalue weighted by Crippen LogP contribution is 2.43. The second-order valence-corrected chi connectivity index (χ2v) is 3.24. The van der Waals surface area contributed by atoms with Crippen LogP contribution >= 0.6 is 0 Å². The SMILES string of the molecule is CC1CC12COCCN2. The molecule has 2 unspecified atom stereocenters. The van der Waals surface area contributed by atoms with Gasteiger partial charge in [-0.05, 0) is 12.3 Å². The first kappa shape index (κ1) is 5.69. The summed E-state index contributed by atoms with van der Waals surface area (Å²) >= 11 is 0. The van der Waals surface area contributed by atoms with Gasteiger partial charge < -0.3 is 10.1 Å². The summed E-state index contributed by atoms with van der Waals surface area (Å²) < 4.78 is 5.36. The van der Waals surface area contributed by atoms with Gasteiger partial charge in [0, 0.05) is 12.1 Å². The lowest BCUT2D eigenvalue weighted by molar-refractivity contribution is 0.0632. The molecular formula is C7H13NO. The molecule has 1 heterocycles. The summed E-state index contributed by atoms with van der Waals surface area (Å²) in [7, 11) is 0. The van der Waals surface area contributed by atoms with Crippen LogP contribution in [0.15, 0.2) is 0 Å². The Morgan fingerprint density at radius 1 is 1.67 bits per heavy atom. The molecule has 1 saturated carbocycles. The molecule has 2 heteroatoms. The minimum absolute atomic E-state index is 0.415. The van der Waals surface area contributed by atoms with Gasteiger partial charge in [0.2, 0.25) is 0 Å². The van der Waals surface area contributed by atoms with Gasteiger partial charge >= 0.3 is 0 Å². The predicted molar refractivity (Wildman–Crippen MR) is 35.3 cm³/mol. The van der Waals surface area contributed by atoms with Crippen molar-refractivity contribution in [3.63, 3.8) is 0 Å². The minimum atomic E-state index is 0.415. The van der Waals surface area contributed by atoms with E-state index in [0.29, 0.717) is 5.54 Å². The van der Waals surface area contributed by atoms with E-state index in [1.165, 1.54) is 6.42 Å². The van der Waals surface area contributed by atoms with E-state index in [1.54, 1.807) is 0 Å². The standard InChI is InChI=1S/C7H13NO/c1-6-4-7(6)5-9-3-2-8-7/h6,8H,2-5H2,1H3. The van der Waals surface area contributed by atoms with Gasteiger partial charge in [-0.3, -0.25) is 0 Å². The van der Waals surface area contributed by atoms with Crippen molar-refractivity contribution in [3.05, 3.63) is 0 Å². The average Bonchev–Trinajstić information content (AvgIpc) is 2.44. The summed E-state index contributed by atoms with van der Waals surface area (Å²) in [6.45, 7) is 5.16. The molecule has 1 saturated heterocycles. The van der Waals surface area contributed by atoms with Crippen LogP contribution in [0.2, 0.25) is 0 Å². The lowest BCUT2D eigenvalue weighted by Gasteiger charge is -2.24. The molecule has 0 radical (unpaired) electrons. The van der Waals surface area contributed by atoms with Crippen LogP contribution in [0, 0.1) is 5.92 Å². The van der Waals surface area contributed by atoms with Crippen molar-refractivity contribution in [3.8, 4) is 0 Å². The van der Waals surface area contributed by atoms with Crippen molar-refractivity contribution in [2.75, 3.05) is 19.8 Å². The van der Waals surface area contributed by atoms with Gasteiger partial charge in [0.15, 0.2) is 0 Å². The van der Waals surface area contributed by atoms with Crippen molar-refractivity contribution in [2.45, 2.75) is 18.9 Å². The predicted octanol–water partition coefficient (Wildman–Crippen LogP) is 0.385. The fraction of sp³-hybridized carbons (Fsp3) is 1.00. The monoisotopic (exact) mass is 127 g/mol. The Balaban J connectivity index is 1.97. The maximum Gasteiger partial charge on any atom is 0.0651 e. The fourth-order valence-corrected chi connectivity index (χ4v) is 1.61. The summed E-state index contributed by atoms with van der Waals surface area (Å²) in [4.78, 5) is 0. The number of nitrogens with one attached hydrogen (secondary N) is 1. The van der Waals surface area contributed by atoms with Gasteiger partial charge in [-0.25, -0.2) is 0 Å². The zero-order chi connectivity index (χ0) is 6.32. The first-order chi connectivity index (χ1) is 4.33. The van der Waals surface area contributed by atoms with Gasteiger partial charge in [0.05, 0.1) is 13.2 Å². The van der Waals surface area contributed by atoms with Gasteiger partial charge in [-0.1, -0.05) is 6.92 Å². The maximum absolute atomic E-state index is 5.36. The highest BCUT2D eigenvalue weighted by Gasteiger charge is 2.51. The Hall–Kier alpha value is -0.0800. The molecule has 2 fully saturated rings. The molecule has 2 atom stereocenters. The highest BCUT2D eigenvalue weighted by molar-refractivity contribution is 5.09. The minimum Gasteiger partial charge on any atom is -0.378 e. The molecule has 0 amide bonds. The third-order valence-electron chi connectivity index (χ3n) is 2.54. The van der Waals surface area contributed by atoms with E-state index in [0.717, 1.165) is 25.7 Å². The molecule has 1 aliphatic heterocycles. The molecule has 0 aromatic heterocycles. The molecule has 1 N–H and O–H groups in total. The van der Waals surface area contributed by atoms with Crippen LogP contribution in [-0.2, 0) is 4.74 Å². The van der Waals surface area contributed by atoms with Crippen LogP contribution in [-0.4, -0.2) is 25.3 Å². The second-order valence-electron chi connectivity index (χ2n) is 3.24. The summed E-state index contributed by atoms with van der Waals surface area (Å²) in [6.07, 6.45) is 1.31. The zero-order valence-electron chi connectivity index (χ0n) is 5.81. The van der Waals surface area contributed by atoms with Crippen molar-refractivity contribution < 1.29 is 4.74 Å². The molecule has 0 aromatic carbocycles. The smallest absolute Gasteiger partial charge is 0.0651 e. The molecule has 9 heavy (non-hydrogen) atoms. The third-order valence-corrected chi connectivity index (χ3v) is 2.54. The van der Waals surface area contributed by atoms with E-state index >= 15 is 0 Å². The number of morpholine rings is 1. The van der Waals surface area contributed by atoms with Crippen LogP contribution in [0.1, 0.15) is 13.3 Å². The van der Waals surface area contributed by atoms with Gasteiger partial charge in [0.25, 0.3) is 0 Å². The molecule has 2 nitrogen and oxygen atoms in total. The summed E-state index contributed by atoms with van der Waals surface area (Å²) in [5.41, 5.74) is 0.415. The van der Waals surface area contributed by atoms with Crippen LogP contribution in [0.3, 0.4) is 0 Å². The zero-order valence-corrected chi connectivity index (χ0v) is 5.81. The lowest BCUT2D eigenvalue weighted by atomic mass is 10.2. The molecule has 1 spiro atoms. The Morgan fingerprint density at radius 2 is 2.44 bits per heavy atom. The first-order valence-corrected chi connectivity index (χ1v) is 3.66. The maximum atomic E-state index is 5.36. The van der Waals surface area contributed by atoms with E-state index in [-0.39, 0.29) is 0 Å². The van der Waals surface area contributed by atoms with Gasteiger partial charge in [-0.15, -0.1) is 0 Å². The number of ether oxygens (including phenoxy) is 1. The molecule has 0 bridgehead atoms. The van der Waals surface area contributed by atoms with E-state index < -0.39 is 0 Å². The number of rotatable bonds is 0. The third kappa shape index (κ3) is 0.775. The first-order valence-electron chi connectivity index (χ1n) is 3.66. The van der Waals surface area contributed by atoms with Crippen molar-refractivity contribution in [2.24, 2.45) is 5.92 Å². The van der Waals surface area contributed by atoms with Crippen LogP contribution in [0.4, 0.5) is 0 Å². The van der Waals surface area contributed by atoms with Crippen molar-refractivity contribution in [1.29, 1.82) is 0 Å². The van der Waals surface area contributed by atoms with Crippen LogP contribution in [0.25, 0.3) is 0 Å². The van der Waals surface area contributed by atoms with E-state index in [2.05, 4.69) is 12.2 Å². The van der Waals surface area contributed by atoms with Crippen LogP contribution < -0.4 is 5.32 Å². The highest BCUT2D eigenvalue weighted by atomic mass is 16.5. The van der Waals surface area contributed by atoms with Crippen molar-refractivity contribution in [1.82, 2.24) is 5.32 Å². The second kappa shape index (κ2) is 1.70. The number of hydrogen-bond acceptors (Lipinski definition) is 2. The molecular weight excluding hydrogens is 114 g/mol. The number of hydrogen-bond donors (Lipinski definition) is 1. The Morgan fingerprint density at radius 3 is 2.78 bits per heavy atom. The van der Waals surface area contributed by atoms with Gasteiger partial charge in [0.1, 0.15) is 0 Å². The van der Waals surface area contributed by atoms with E-state index in [4.69, 9.17) is 4.74 Å².